The Kier molecular flexibility index (Phi) is 33.9. The number of ether oxygens (including phenoxy) is 4. The summed E-state index contributed by atoms with van der Waals surface area (Å²) in [5.41, 5.74) is 0. The number of methoxy groups -OCH3 is 4. The largest absolute Gasteiger partial charge is 0.490 e. The lowest BCUT2D eigenvalue weighted by atomic mass is 10.5. The van der Waals surface area contributed by atoms with Gasteiger partial charge < -0.3 is 18.9 Å². The van der Waals surface area contributed by atoms with Crippen LogP contribution in [0.25, 0.3) is 0 Å². The van der Waals surface area contributed by atoms with Crippen molar-refractivity contribution in [2.45, 2.75) is 53.4 Å². The van der Waals surface area contributed by atoms with Gasteiger partial charge in [-0.3, -0.25) is 9.59 Å². The Morgan fingerprint density at radius 3 is 0.833 bits per heavy atom. The van der Waals surface area contributed by atoms with Crippen molar-refractivity contribution < 1.29 is 28.5 Å². The van der Waals surface area contributed by atoms with E-state index in [1.54, 1.807) is 28.1 Å². The van der Waals surface area contributed by atoms with Crippen molar-refractivity contribution in [3.63, 3.8) is 0 Å². The maximum Gasteiger partial charge on any atom is 0.305 e. The summed E-state index contributed by atoms with van der Waals surface area (Å²) in [5.74, 6) is -0.315. The highest BCUT2D eigenvalue weighted by molar-refractivity contribution is 7.80. The third-order valence-electron chi connectivity index (χ3n) is 2.07. The lowest BCUT2D eigenvalue weighted by Gasteiger charge is -1.91. The van der Waals surface area contributed by atoms with Gasteiger partial charge in [-0.2, -0.15) is 0 Å². The monoisotopic (exact) mass is 384 g/mol. The topological polar surface area (TPSA) is 71.1 Å². The van der Waals surface area contributed by atoms with Gasteiger partial charge in [0, 0.05) is 25.7 Å². The van der Waals surface area contributed by atoms with Crippen molar-refractivity contribution >= 4 is 46.5 Å². The molecule has 0 radical (unpaired) electrons. The minimum absolute atomic E-state index is 0.157. The molecule has 6 nitrogen and oxygen atoms in total. The lowest BCUT2D eigenvalue weighted by molar-refractivity contribution is -0.141. The molecule has 0 spiro atoms. The summed E-state index contributed by atoms with van der Waals surface area (Å²) in [6.07, 6.45) is 2.62. The molecule has 144 valence electrons. The first-order chi connectivity index (χ1) is 11.2. The number of carbonyl (C=O) groups is 2. The summed E-state index contributed by atoms with van der Waals surface area (Å²) >= 11 is 9.27. The Hall–Kier alpha value is -1.28. The molecule has 0 fully saturated rings. The van der Waals surface area contributed by atoms with E-state index in [9.17, 15) is 9.59 Å². The van der Waals surface area contributed by atoms with Crippen LogP contribution in [0.1, 0.15) is 53.4 Å². The Morgan fingerprint density at radius 2 is 0.833 bits per heavy atom. The van der Waals surface area contributed by atoms with E-state index in [-0.39, 0.29) is 11.9 Å². The van der Waals surface area contributed by atoms with Gasteiger partial charge in [0.1, 0.15) is 0 Å². The van der Waals surface area contributed by atoms with Gasteiger partial charge >= 0.3 is 11.9 Å². The fourth-order valence-corrected chi connectivity index (χ4v) is 0.577. The van der Waals surface area contributed by atoms with Crippen molar-refractivity contribution in [1.29, 1.82) is 0 Å². The highest BCUT2D eigenvalue weighted by atomic mass is 32.1. The number of hydrogen-bond acceptors (Lipinski definition) is 8. The van der Waals surface area contributed by atoms with Crippen LogP contribution in [0.4, 0.5) is 0 Å². The first-order valence-electron chi connectivity index (χ1n) is 7.51. The molecule has 0 aromatic carbocycles. The van der Waals surface area contributed by atoms with E-state index >= 15 is 0 Å². The first-order valence-corrected chi connectivity index (χ1v) is 8.33. The van der Waals surface area contributed by atoms with E-state index in [1.807, 2.05) is 13.8 Å². The molecule has 0 N–H and O–H groups in total. The predicted molar refractivity (Wildman–Crippen MR) is 104 cm³/mol. The third kappa shape index (κ3) is 37.2. The molecule has 0 saturated carbocycles. The van der Waals surface area contributed by atoms with Crippen LogP contribution in [0.15, 0.2) is 0 Å². The SMILES string of the molecule is CCC(=O)OC.CCC(=O)OC.CCC(=S)OC.CCC(=S)OC. The molecule has 0 heterocycles. The quantitative estimate of drug-likeness (QED) is 0.534. The van der Waals surface area contributed by atoms with Crippen molar-refractivity contribution in [3.8, 4) is 0 Å². The van der Waals surface area contributed by atoms with E-state index in [2.05, 4.69) is 43.4 Å². The molecule has 0 aliphatic rings. The maximum atomic E-state index is 9.96. The molecule has 0 amide bonds. The second-order valence-corrected chi connectivity index (χ2v) is 4.63. The molecular weight excluding hydrogens is 352 g/mol. The molecule has 0 aliphatic heterocycles. The maximum absolute atomic E-state index is 9.96. The van der Waals surface area contributed by atoms with E-state index < -0.39 is 0 Å². The zero-order valence-electron chi connectivity index (χ0n) is 16.1. The number of carbonyl (C=O) groups excluding carboxylic acids is 2. The van der Waals surface area contributed by atoms with Gasteiger partial charge in [-0.15, -0.1) is 0 Å². The number of rotatable bonds is 4. The van der Waals surface area contributed by atoms with Crippen LogP contribution < -0.4 is 0 Å². The first kappa shape index (κ1) is 30.6. The molecule has 0 unspecified atom stereocenters. The summed E-state index contributed by atoms with van der Waals surface area (Å²) in [5, 5.41) is 1.35. The molecule has 0 rings (SSSR count). The van der Waals surface area contributed by atoms with Crippen LogP contribution >= 0.6 is 24.4 Å². The summed E-state index contributed by atoms with van der Waals surface area (Å²) < 4.78 is 17.8. The third-order valence-corrected chi connectivity index (χ3v) is 2.98. The molecule has 0 atom stereocenters. The summed E-state index contributed by atoms with van der Waals surface area (Å²) in [4.78, 5) is 19.9. The second kappa shape index (κ2) is 26.6. The average molecular weight is 385 g/mol. The summed E-state index contributed by atoms with van der Waals surface area (Å²) in [6, 6.07) is 0. The van der Waals surface area contributed by atoms with Crippen molar-refractivity contribution in [3.05, 3.63) is 0 Å². The Bertz CT molecular complexity index is 245. The van der Waals surface area contributed by atoms with Crippen LogP contribution in [0.3, 0.4) is 0 Å². The van der Waals surface area contributed by atoms with Crippen LogP contribution in [0.2, 0.25) is 0 Å². The molecule has 0 bridgehead atoms. The highest BCUT2D eigenvalue weighted by Gasteiger charge is 1.88. The number of esters is 2. The minimum Gasteiger partial charge on any atom is -0.490 e. The van der Waals surface area contributed by atoms with E-state index in [0.717, 1.165) is 12.8 Å². The smallest absolute Gasteiger partial charge is 0.305 e. The molecule has 24 heavy (non-hydrogen) atoms. The van der Waals surface area contributed by atoms with Gasteiger partial charge in [0.25, 0.3) is 0 Å². The van der Waals surface area contributed by atoms with Gasteiger partial charge in [-0.1, -0.05) is 27.7 Å². The van der Waals surface area contributed by atoms with E-state index in [4.69, 9.17) is 0 Å². The van der Waals surface area contributed by atoms with Gasteiger partial charge in [0.2, 0.25) is 0 Å². The molecular formula is C16H32O6S2. The molecule has 0 saturated heterocycles. The van der Waals surface area contributed by atoms with Gasteiger partial charge in [-0.25, -0.2) is 0 Å². The fourth-order valence-electron chi connectivity index (χ4n) is 0.577. The van der Waals surface area contributed by atoms with Crippen molar-refractivity contribution in [2.24, 2.45) is 0 Å². The van der Waals surface area contributed by atoms with Gasteiger partial charge in [0.05, 0.1) is 28.4 Å². The second-order valence-electron chi connectivity index (χ2n) is 3.72. The normalized spacial score (nSPS) is 7.67. The fraction of sp³-hybridized carbons (Fsp3) is 0.750. The minimum atomic E-state index is -0.157. The van der Waals surface area contributed by atoms with Gasteiger partial charge in [0.15, 0.2) is 10.1 Å². The number of hydrogen-bond donors (Lipinski definition) is 0. The van der Waals surface area contributed by atoms with Gasteiger partial charge in [-0.05, 0) is 24.4 Å². The standard InChI is InChI=1S/2C4H8O2.2C4H8OS/c2*1-3-4(5)6-2;2*1-3-4(6)5-2/h4*3H2,1-2H3. The van der Waals surface area contributed by atoms with E-state index in [1.165, 1.54) is 14.2 Å². The zero-order chi connectivity index (χ0) is 20.0. The molecule has 8 heteroatoms. The number of thiocarbonyl (C=S) groups is 2. The Labute approximate surface area is 157 Å². The molecule has 0 aromatic heterocycles. The van der Waals surface area contributed by atoms with Crippen molar-refractivity contribution in [2.75, 3.05) is 28.4 Å². The van der Waals surface area contributed by atoms with Crippen LogP contribution in [-0.4, -0.2) is 50.5 Å². The molecule has 0 aromatic rings. The van der Waals surface area contributed by atoms with Crippen LogP contribution in [-0.2, 0) is 28.5 Å². The summed E-state index contributed by atoms with van der Waals surface area (Å²) in [6.45, 7) is 7.44. The van der Waals surface area contributed by atoms with Crippen molar-refractivity contribution in [1.82, 2.24) is 0 Å². The Morgan fingerprint density at radius 1 is 0.583 bits per heavy atom. The predicted octanol–water partition coefficient (Wildman–Crippen LogP) is 3.88. The van der Waals surface area contributed by atoms with Crippen LogP contribution in [0.5, 0.6) is 0 Å². The Balaban J connectivity index is -0.000000111. The summed E-state index contributed by atoms with van der Waals surface area (Å²) in [7, 11) is 5.94. The average Bonchev–Trinajstić information content (AvgIpc) is 2.66. The lowest BCUT2D eigenvalue weighted by Crippen LogP contribution is -1.94. The zero-order valence-corrected chi connectivity index (χ0v) is 17.7. The highest BCUT2D eigenvalue weighted by Crippen LogP contribution is 1.82. The van der Waals surface area contributed by atoms with E-state index in [0.29, 0.717) is 22.9 Å². The van der Waals surface area contributed by atoms with Crippen LogP contribution in [0, 0.1) is 0 Å². The molecule has 0 aliphatic carbocycles.